The van der Waals surface area contributed by atoms with E-state index in [2.05, 4.69) is 5.32 Å². The second kappa shape index (κ2) is 8.98. The molecule has 0 aliphatic rings. The fourth-order valence-electron chi connectivity index (χ4n) is 1.63. The monoisotopic (exact) mass is 271 g/mol. The third-order valence-corrected chi connectivity index (χ3v) is 2.63. The van der Waals surface area contributed by atoms with E-state index in [9.17, 15) is 9.50 Å². The van der Waals surface area contributed by atoms with Crippen molar-refractivity contribution in [2.24, 2.45) is 0 Å². The van der Waals surface area contributed by atoms with Crippen LogP contribution >= 0.6 is 0 Å². The van der Waals surface area contributed by atoms with Crippen LogP contribution in [0.5, 0.6) is 0 Å². The molecule has 108 valence electrons. The van der Waals surface area contributed by atoms with E-state index >= 15 is 0 Å². The van der Waals surface area contributed by atoms with Crippen LogP contribution in [0.3, 0.4) is 0 Å². The average molecular weight is 271 g/mol. The molecule has 0 fully saturated rings. The lowest BCUT2D eigenvalue weighted by atomic mass is 10.2. The largest absolute Gasteiger partial charge is 0.389 e. The lowest BCUT2D eigenvalue weighted by molar-refractivity contribution is -0.0311. The van der Waals surface area contributed by atoms with Crippen LogP contribution in [-0.2, 0) is 16.0 Å². The molecule has 0 aliphatic carbocycles. The molecule has 4 nitrogen and oxygen atoms in total. The highest BCUT2D eigenvalue weighted by atomic mass is 19.1. The normalized spacial score (nSPS) is 14.3. The van der Waals surface area contributed by atoms with Crippen molar-refractivity contribution < 1.29 is 19.0 Å². The van der Waals surface area contributed by atoms with Gasteiger partial charge < -0.3 is 19.9 Å². The molecule has 0 bridgehead atoms. The zero-order valence-electron chi connectivity index (χ0n) is 11.4. The van der Waals surface area contributed by atoms with Crippen LogP contribution in [0.1, 0.15) is 12.5 Å². The maximum Gasteiger partial charge on any atom is 0.127 e. The lowest BCUT2D eigenvalue weighted by Crippen LogP contribution is -2.32. The maximum absolute atomic E-state index is 13.3. The lowest BCUT2D eigenvalue weighted by Gasteiger charge is -2.16. The first-order valence-corrected chi connectivity index (χ1v) is 6.36. The van der Waals surface area contributed by atoms with Crippen molar-refractivity contribution in [3.63, 3.8) is 0 Å². The van der Waals surface area contributed by atoms with E-state index in [1.165, 1.54) is 6.07 Å². The first-order chi connectivity index (χ1) is 9.13. The summed E-state index contributed by atoms with van der Waals surface area (Å²) in [6.45, 7) is 3.35. The van der Waals surface area contributed by atoms with E-state index in [0.717, 1.165) is 0 Å². The zero-order valence-corrected chi connectivity index (χ0v) is 11.4. The minimum Gasteiger partial charge on any atom is -0.389 e. The van der Waals surface area contributed by atoms with Gasteiger partial charge in [0.05, 0.1) is 25.4 Å². The number of aliphatic hydroxyl groups is 1. The Kier molecular flexibility index (Phi) is 7.59. The van der Waals surface area contributed by atoms with Crippen LogP contribution in [0, 0.1) is 5.82 Å². The first kappa shape index (κ1) is 16.0. The fourth-order valence-corrected chi connectivity index (χ4v) is 1.63. The molecule has 5 heteroatoms. The van der Waals surface area contributed by atoms with Crippen LogP contribution < -0.4 is 5.32 Å². The Morgan fingerprint density at radius 2 is 2.05 bits per heavy atom. The third kappa shape index (κ3) is 6.63. The number of halogens is 1. The smallest absolute Gasteiger partial charge is 0.127 e. The number of rotatable bonds is 9. The van der Waals surface area contributed by atoms with Crippen LogP contribution in [0.15, 0.2) is 24.3 Å². The van der Waals surface area contributed by atoms with Gasteiger partial charge in [0.1, 0.15) is 5.82 Å². The number of benzene rings is 1. The number of aliphatic hydroxyl groups excluding tert-OH is 1. The second-order valence-electron chi connectivity index (χ2n) is 4.48. The molecule has 0 saturated heterocycles. The van der Waals surface area contributed by atoms with Gasteiger partial charge in [-0.05, 0) is 13.0 Å². The van der Waals surface area contributed by atoms with Gasteiger partial charge in [-0.3, -0.25) is 0 Å². The van der Waals surface area contributed by atoms with Crippen LogP contribution in [0.25, 0.3) is 0 Å². The highest BCUT2D eigenvalue weighted by Gasteiger charge is 2.08. The van der Waals surface area contributed by atoms with Crippen LogP contribution in [-0.4, -0.2) is 44.2 Å². The highest BCUT2D eigenvalue weighted by molar-refractivity contribution is 5.16. The van der Waals surface area contributed by atoms with Crippen molar-refractivity contribution in [1.82, 2.24) is 5.32 Å². The molecule has 0 amide bonds. The maximum atomic E-state index is 13.3. The highest BCUT2D eigenvalue weighted by Crippen LogP contribution is 2.05. The van der Waals surface area contributed by atoms with Gasteiger partial charge in [0.25, 0.3) is 0 Å². The molecular weight excluding hydrogens is 249 g/mol. The van der Waals surface area contributed by atoms with Gasteiger partial charge >= 0.3 is 0 Å². The standard InChI is InChI=1S/C14H22FNO3/c1-11(9-18-2)19-10-13(17)8-16-7-12-5-3-4-6-14(12)15/h3-6,11,13,16-17H,7-10H2,1-2H3. The Hall–Kier alpha value is -1.01. The van der Waals surface area contributed by atoms with Crippen molar-refractivity contribution in [1.29, 1.82) is 0 Å². The number of hydrogen-bond acceptors (Lipinski definition) is 4. The molecule has 19 heavy (non-hydrogen) atoms. The molecule has 1 rings (SSSR count). The van der Waals surface area contributed by atoms with E-state index in [1.54, 1.807) is 25.3 Å². The van der Waals surface area contributed by atoms with Gasteiger partial charge in [0.2, 0.25) is 0 Å². The number of hydrogen-bond donors (Lipinski definition) is 2. The second-order valence-corrected chi connectivity index (χ2v) is 4.48. The van der Waals surface area contributed by atoms with E-state index in [-0.39, 0.29) is 18.5 Å². The zero-order chi connectivity index (χ0) is 14.1. The average Bonchev–Trinajstić information content (AvgIpc) is 2.39. The van der Waals surface area contributed by atoms with Crippen molar-refractivity contribution in [3.05, 3.63) is 35.6 Å². The van der Waals surface area contributed by atoms with Crippen molar-refractivity contribution >= 4 is 0 Å². The quantitative estimate of drug-likeness (QED) is 0.711. The summed E-state index contributed by atoms with van der Waals surface area (Å²) in [5.41, 5.74) is 0.586. The minimum atomic E-state index is -0.619. The number of methoxy groups -OCH3 is 1. The predicted molar refractivity (Wildman–Crippen MR) is 71.4 cm³/mol. The van der Waals surface area contributed by atoms with Gasteiger partial charge in [-0.15, -0.1) is 0 Å². The summed E-state index contributed by atoms with van der Waals surface area (Å²) in [4.78, 5) is 0. The van der Waals surface area contributed by atoms with E-state index in [1.807, 2.05) is 6.92 Å². The fraction of sp³-hybridized carbons (Fsp3) is 0.571. The SMILES string of the molecule is COCC(C)OCC(O)CNCc1ccccc1F. The van der Waals surface area contributed by atoms with Crippen molar-refractivity contribution in [2.45, 2.75) is 25.7 Å². The van der Waals surface area contributed by atoms with E-state index in [0.29, 0.717) is 25.3 Å². The van der Waals surface area contributed by atoms with Gasteiger partial charge in [-0.2, -0.15) is 0 Å². The summed E-state index contributed by atoms with van der Waals surface area (Å²) >= 11 is 0. The van der Waals surface area contributed by atoms with E-state index < -0.39 is 6.10 Å². The molecule has 2 N–H and O–H groups in total. The van der Waals surface area contributed by atoms with Crippen LogP contribution in [0.4, 0.5) is 4.39 Å². The molecular formula is C14H22FNO3. The van der Waals surface area contributed by atoms with Gasteiger partial charge in [-0.1, -0.05) is 18.2 Å². The Morgan fingerprint density at radius 3 is 2.74 bits per heavy atom. The Bertz CT molecular complexity index is 362. The first-order valence-electron chi connectivity index (χ1n) is 6.36. The summed E-state index contributed by atoms with van der Waals surface area (Å²) in [5, 5.41) is 12.7. The van der Waals surface area contributed by atoms with E-state index in [4.69, 9.17) is 9.47 Å². The molecule has 2 unspecified atom stereocenters. The molecule has 0 aliphatic heterocycles. The molecule has 0 spiro atoms. The van der Waals surface area contributed by atoms with Gasteiger partial charge in [0, 0.05) is 25.8 Å². The molecule has 1 aromatic rings. The topological polar surface area (TPSA) is 50.7 Å². The van der Waals surface area contributed by atoms with Crippen molar-refractivity contribution in [2.75, 3.05) is 26.9 Å². The summed E-state index contributed by atoms with van der Waals surface area (Å²) < 4.78 is 23.6. The number of ether oxygens (including phenoxy) is 2. The van der Waals surface area contributed by atoms with Crippen molar-refractivity contribution in [3.8, 4) is 0 Å². The Labute approximate surface area is 113 Å². The molecule has 0 heterocycles. The third-order valence-electron chi connectivity index (χ3n) is 2.63. The molecule has 0 radical (unpaired) electrons. The minimum absolute atomic E-state index is 0.0498. The van der Waals surface area contributed by atoms with Gasteiger partial charge in [-0.25, -0.2) is 4.39 Å². The molecule has 1 aromatic carbocycles. The molecule has 0 saturated carbocycles. The summed E-state index contributed by atoms with van der Waals surface area (Å²) in [7, 11) is 1.60. The van der Waals surface area contributed by atoms with Crippen LogP contribution in [0.2, 0.25) is 0 Å². The number of nitrogens with one attached hydrogen (secondary N) is 1. The Balaban J connectivity index is 2.17. The summed E-state index contributed by atoms with van der Waals surface area (Å²) in [6, 6.07) is 6.57. The van der Waals surface area contributed by atoms with Gasteiger partial charge in [0.15, 0.2) is 0 Å². The summed E-state index contributed by atoms with van der Waals surface area (Å²) in [5.74, 6) is -0.241. The molecule has 2 atom stereocenters. The summed E-state index contributed by atoms with van der Waals surface area (Å²) in [6.07, 6.45) is -0.669. The Morgan fingerprint density at radius 1 is 1.32 bits per heavy atom. The predicted octanol–water partition coefficient (Wildman–Crippen LogP) is 1.33. The molecule has 0 aromatic heterocycles.